The Morgan fingerprint density at radius 3 is 3.04 bits per heavy atom. The third-order valence-corrected chi connectivity index (χ3v) is 3.86. The molecule has 0 aromatic carbocycles. The van der Waals surface area contributed by atoms with Gasteiger partial charge in [-0.05, 0) is 0 Å². The Balaban J connectivity index is 1.99. The van der Waals surface area contributed by atoms with Gasteiger partial charge >= 0.3 is 0 Å². The van der Waals surface area contributed by atoms with Crippen molar-refractivity contribution in [2.45, 2.75) is 18.4 Å². The van der Waals surface area contributed by atoms with E-state index in [1.165, 1.54) is 10.9 Å². The van der Waals surface area contributed by atoms with E-state index in [9.17, 15) is 19.8 Å². The lowest BCUT2D eigenvalue weighted by atomic mass is 9.98. The molecular formula is C12H16N6O5. The number of aromatic nitrogens is 4. The number of H-pyrrole nitrogens is 1. The van der Waals surface area contributed by atoms with Crippen molar-refractivity contribution < 1.29 is 19.7 Å². The van der Waals surface area contributed by atoms with Crippen LogP contribution in [0.4, 0.5) is 5.95 Å². The second-order valence-corrected chi connectivity index (χ2v) is 5.20. The Morgan fingerprint density at radius 2 is 2.35 bits per heavy atom. The Kier molecular flexibility index (Phi) is 3.98. The number of carbonyl (C=O) groups excluding carboxylic acids is 1. The monoisotopic (exact) mass is 324 g/mol. The van der Waals surface area contributed by atoms with Crippen LogP contribution < -0.4 is 16.6 Å². The van der Waals surface area contributed by atoms with E-state index in [2.05, 4.69) is 20.3 Å². The fourth-order valence-corrected chi connectivity index (χ4v) is 2.77. The molecule has 6 N–H and O–H groups in total. The number of rotatable bonds is 5. The number of hydrogen-bond donors (Lipinski definition) is 5. The Morgan fingerprint density at radius 1 is 1.57 bits per heavy atom. The van der Waals surface area contributed by atoms with Crippen LogP contribution >= 0.6 is 0 Å². The molecule has 1 fully saturated rings. The molecule has 3 rings (SSSR count). The van der Waals surface area contributed by atoms with Gasteiger partial charge in [0.15, 0.2) is 17.4 Å². The normalized spacial score (nSPS) is 27.4. The first-order chi connectivity index (χ1) is 11.1. The molecule has 1 aliphatic heterocycles. The number of nitrogens with two attached hydrogens (primary N) is 1. The second kappa shape index (κ2) is 5.95. The van der Waals surface area contributed by atoms with Gasteiger partial charge in [0.05, 0.1) is 19.0 Å². The second-order valence-electron chi connectivity index (χ2n) is 5.20. The minimum absolute atomic E-state index is 0.0602. The third-order valence-electron chi connectivity index (χ3n) is 3.86. The van der Waals surface area contributed by atoms with Crippen LogP contribution in [-0.4, -0.2) is 61.5 Å². The molecule has 1 aliphatic rings. The average Bonchev–Trinajstić information content (AvgIpc) is 3.06. The fraction of sp³-hybridized carbons (Fsp3) is 0.500. The van der Waals surface area contributed by atoms with Gasteiger partial charge in [0, 0.05) is 12.5 Å². The van der Waals surface area contributed by atoms with Gasteiger partial charge in [-0.3, -0.25) is 19.1 Å². The van der Waals surface area contributed by atoms with Crippen LogP contribution in [0, 0.1) is 5.92 Å². The van der Waals surface area contributed by atoms with E-state index in [-0.39, 0.29) is 30.3 Å². The topological polar surface area (TPSA) is 168 Å². The number of anilines is 1. The van der Waals surface area contributed by atoms with Crippen LogP contribution in [0.25, 0.3) is 11.2 Å². The number of aliphatic hydroxyl groups is 2. The molecule has 2 aromatic heterocycles. The van der Waals surface area contributed by atoms with Crippen molar-refractivity contribution in [1.29, 1.82) is 0 Å². The van der Waals surface area contributed by atoms with Gasteiger partial charge in [0.1, 0.15) is 6.10 Å². The van der Waals surface area contributed by atoms with E-state index in [1.54, 1.807) is 0 Å². The van der Waals surface area contributed by atoms with E-state index < -0.39 is 29.9 Å². The van der Waals surface area contributed by atoms with Crippen molar-refractivity contribution in [2.75, 3.05) is 18.9 Å². The van der Waals surface area contributed by atoms with Crippen molar-refractivity contribution in [3.05, 3.63) is 16.7 Å². The number of carbonyl (C=O) groups is 1. The van der Waals surface area contributed by atoms with Gasteiger partial charge in [-0.15, -0.1) is 0 Å². The highest BCUT2D eigenvalue weighted by Crippen LogP contribution is 2.34. The fourth-order valence-electron chi connectivity index (χ4n) is 2.77. The van der Waals surface area contributed by atoms with Gasteiger partial charge in [-0.2, -0.15) is 4.98 Å². The first-order valence-electron chi connectivity index (χ1n) is 6.90. The minimum Gasteiger partial charge on any atom is -0.394 e. The number of imidazole rings is 1. The molecule has 1 unspecified atom stereocenters. The zero-order valence-corrected chi connectivity index (χ0v) is 11.9. The lowest BCUT2D eigenvalue weighted by Gasteiger charge is -2.18. The summed E-state index contributed by atoms with van der Waals surface area (Å²) in [6, 6.07) is 0. The van der Waals surface area contributed by atoms with Crippen molar-refractivity contribution in [3.8, 4) is 0 Å². The summed E-state index contributed by atoms with van der Waals surface area (Å²) in [5.41, 5.74) is 5.25. The molecule has 0 radical (unpaired) electrons. The van der Waals surface area contributed by atoms with Crippen molar-refractivity contribution in [2.24, 2.45) is 5.92 Å². The number of ether oxygens (including phenoxy) is 1. The quantitative estimate of drug-likeness (QED) is 0.370. The molecule has 0 spiro atoms. The molecule has 11 heteroatoms. The van der Waals surface area contributed by atoms with E-state index in [0.717, 1.165) is 0 Å². The highest BCUT2D eigenvalue weighted by molar-refractivity contribution is 5.70. The maximum atomic E-state index is 11.8. The first-order valence-corrected chi connectivity index (χ1v) is 6.90. The van der Waals surface area contributed by atoms with E-state index in [0.29, 0.717) is 6.41 Å². The van der Waals surface area contributed by atoms with Gasteiger partial charge in [-0.25, -0.2) is 4.98 Å². The molecule has 23 heavy (non-hydrogen) atoms. The summed E-state index contributed by atoms with van der Waals surface area (Å²) in [5, 5.41) is 22.3. The summed E-state index contributed by atoms with van der Waals surface area (Å²) < 4.78 is 7.02. The molecule has 1 amide bonds. The third kappa shape index (κ3) is 2.54. The van der Waals surface area contributed by atoms with Gasteiger partial charge in [0.2, 0.25) is 12.4 Å². The molecule has 0 bridgehead atoms. The molecule has 0 saturated carbocycles. The van der Waals surface area contributed by atoms with Gasteiger partial charge < -0.3 is 26.0 Å². The number of amides is 1. The van der Waals surface area contributed by atoms with Crippen molar-refractivity contribution in [1.82, 2.24) is 24.8 Å². The van der Waals surface area contributed by atoms with Gasteiger partial charge in [-0.1, -0.05) is 0 Å². The number of hydrogen-bond acceptors (Lipinski definition) is 8. The summed E-state index contributed by atoms with van der Waals surface area (Å²) in [5.74, 6) is -0.610. The summed E-state index contributed by atoms with van der Waals surface area (Å²) in [4.78, 5) is 32.5. The average molecular weight is 324 g/mol. The zero-order valence-electron chi connectivity index (χ0n) is 11.9. The lowest BCUT2D eigenvalue weighted by molar-refractivity contribution is -0.109. The molecule has 0 aliphatic carbocycles. The van der Waals surface area contributed by atoms with E-state index >= 15 is 0 Å². The standard InChI is InChI=1S/C12H16N6O5/c13-12-16-9-7(10(22)17-12)15-3-18(9)11-8(21)5(1-14-4-20)6(2-19)23-11/h3-6,8,11,19,21H,1-2H2,(H,14,20)(H3,13,16,17,22)/t5-,6?,8-,11-/m1/s1. The smallest absolute Gasteiger partial charge is 0.280 e. The summed E-state index contributed by atoms with van der Waals surface area (Å²) in [6.45, 7) is -0.198. The number of nitrogen functional groups attached to an aromatic ring is 1. The zero-order chi connectivity index (χ0) is 16.6. The number of fused-ring (bicyclic) bond motifs is 1. The van der Waals surface area contributed by atoms with Gasteiger partial charge in [0.25, 0.3) is 5.56 Å². The Bertz CT molecular complexity index is 773. The lowest BCUT2D eigenvalue weighted by Crippen LogP contribution is -2.36. The number of nitrogens with zero attached hydrogens (tertiary/aromatic N) is 3. The molecule has 1 saturated heterocycles. The van der Waals surface area contributed by atoms with E-state index in [1.807, 2.05) is 0 Å². The molecule has 11 nitrogen and oxygen atoms in total. The van der Waals surface area contributed by atoms with Crippen LogP contribution in [0.2, 0.25) is 0 Å². The summed E-state index contributed by atoms with van der Waals surface area (Å²) in [6.07, 6.45) is -0.824. The van der Waals surface area contributed by atoms with Crippen molar-refractivity contribution in [3.63, 3.8) is 0 Å². The van der Waals surface area contributed by atoms with Crippen LogP contribution in [-0.2, 0) is 9.53 Å². The predicted molar refractivity (Wildman–Crippen MR) is 77.1 cm³/mol. The number of aromatic amines is 1. The number of nitrogens with one attached hydrogen (secondary N) is 2. The molecule has 124 valence electrons. The maximum Gasteiger partial charge on any atom is 0.280 e. The largest absolute Gasteiger partial charge is 0.394 e. The van der Waals surface area contributed by atoms with Crippen LogP contribution in [0.15, 0.2) is 11.1 Å². The highest BCUT2D eigenvalue weighted by Gasteiger charge is 2.44. The van der Waals surface area contributed by atoms with Crippen LogP contribution in [0.5, 0.6) is 0 Å². The molecule has 2 aromatic rings. The Hall–Kier alpha value is -2.50. The molecule has 4 atom stereocenters. The first kappa shape index (κ1) is 15.4. The highest BCUT2D eigenvalue weighted by atomic mass is 16.5. The minimum atomic E-state index is -1.04. The molecular weight excluding hydrogens is 308 g/mol. The van der Waals surface area contributed by atoms with E-state index in [4.69, 9.17) is 10.5 Å². The van der Waals surface area contributed by atoms with Crippen LogP contribution in [0.3, 0.4) is 0 Å². The predicted octanol–water partition coefficient (Wildman–Crippen LogP) is -2.69. The SMILES string of the molecule is Nc1nc2c(ncn2[C@@H]2OC(CO)[C@@H](CNC=O)[C@H]2O)c(=O)[nH]1. The number of aliphatic hydroxyl groups excluding tert-OH is 2. The summed E-state index contributed by atoms with van der Waals surface area (Å²) in [7, 11) is 0. The summed E-state index contributed by atoms with van der Waals surface area (Å²) >= 11 is 0. The maximum absolute atomic E-state index is 11.8. The Labute approximate surface area is 129 Å². The molecule has 3 heterocycles. The van der Waals surface area contributed by atoms with Crippen LogP contribution in [0.1, 0.15) is 6.23 Å². The van der Waals surface area contributed by atoms with Crippen molar-refractivity contribution >= 4 is 23.5 Å².